The standard InChI is InChI=1S/C39H48N12O6/c1-5-25(40)21-29(43-7-3)36(55)46-39-45-28-18-24(35(42)54)20-32(57-17-11-16-52)33(28)50(39)15-10-9-14-49-30-19-23(34(41)53)12-13-27(30)44-38(49)47-37(56)31-22-26(6-2)48-51(31)8-4/h9-10,12-13,18-22,52H,5-8,11,14-17,40H2,1-4H3,(H2,41,53)(H2,42,54)(H,44,47,56)(H,45,46,55)/b10-9+,25-21?,43-29?. The fourth-order valence-electron chi connectivity index (χ4n) is 5.95. The van der Waals surface area contributed by atoms with Crippen LogP contribution in [0.1, 0.15) is 77.4 Å². The Kier molecular flexibility index (Phi) is 13.5. The molecule has 18 nitrogen and oxygen atoms in total. The van der Waals surface area contributed by atoms with E-state index in [4.69, 9.17) is 21.9 Å². The largest absolute Gasteiger partial charge is 0.491 e. The van der Waals surface area contributed by atoms with Gasteiger partial charge in [-0.25, -0.2) is 9.97 Å². The lowest BCUT2D eigenvalue weighted by atomic mass is 10.1. The average Bonchev–Trinajstić information content (AvgIpc) is 3.88. The number of nitrogens with two attached hydrogens (primary N) is 3. The summed E-state index contributed by atoms with van der Waals surface area (Å²) in [6.45, 7) is 8.63. The molecule has 5 aromatic rings. The predicted molar refractivity (Wildman–Crippen MR) is 217 cm³/mol. The molecule has 0 aliphatic heterocycles. The molecule has 0 fully saturated rings. The summed E-state index contributed by atoms with van der Waals surface area (Å²) >= 11 is 0. The van der Waals surface area contributed by atoms with Crippen molar-refractivity contribution in [2.24, 2.45) is 22.2 Å². The molecule has 0 aliphatic rings. The number of aliphatic hydroxyl groups excluding tert-OH is 1. The number of nitrogens with zero attached hydrogens (tertiary/aromatic N) is 7. The van der Waals surface area contributed by atoms with Crippen molar-refractivity contribution in [3.63, 3.8) is 0 Å². The Morgan fingerprint density at radius 1 is 0.877 bits per heavy atom. The molecular weight excluding hydrogens is 733 g/mol. The molecule has 9 N–H and O–H groups in total. The number of aryl methyl sites for hydroxylation is 2. The van der Waals surface area contributed by atoms with Crippen molar-refractivity contribution in [2.45, 2.75) is 66.6 Å². The van der Waals surface area contributed by atoms with Crippen LogP contribution in [-0.4, -0.2) is 83.1 Å². The Morgan fingerprint density at radius 3 is 2.23 bits per heavy atom. The summed E-state index contributed by atoms with van der Waals surface area (Å²) in [5.74, 6) is -1.69. The first-order valence-corrected chi connectivity index (χ1v) is 18.6. The Morgan fingerprint density at radius 2 is 1.58 bits per heavy atom. The zero-order valence-electron chi connectivity index (χ0n) is 32.4. The van der Waals surface area contributed by atoms with Crippen molar-refractivity contribution in [1.29, 1.82) is 0 Å². The third-order valence-electron chi connectivity index (χ3n) is 8.89. The summed E-state index contributed by atoms with van der Waals surface area (Å²) < 4.78 is 11.1. The number of hydrogen-bond acceptors (Lipinski definition) is 11. The molecule has 18 heteroatoms. The number of fused-ring (bicyclic) bond motifs is 2. The molecule has 0 atom stereocenters. The number of imidazole rings is 2. The van der Waals surface area contributed by atoms with Gasteiger partial charge in [0.05, 0.1) is 28.9 Å². The highest BCUT2D eigenvalue weighted by Crippen LogP contribution is 2.31. The summed E-state index contributed by atoms with van der Waals surface area (Å²) in [5.41, 5.74) is 21.2. The van der Waals surface area contributed by atoms with Crippen LogP contribution in [0, 0.1) is 0 Å². The fourth-order valence-corrected chi connectivity index (χ4v) is 5.95. The summed E-state index contributed by atoms with van der Waals surface area (Å²) in [6.07, 6.45) is 6.61. The molecule has 57 heavy (non-hydrogen) atoms. The van der Waals surface area contributed by atoms with Crippen LogP contribution < -0.4 is 32.6 Å². The van der Waals surface area contributed by atoms with E-state index in [9.17, 15) is 24.3 Å². The number of carbonyl (C=O) groups is 4. The molecule has 4 amide bonds. The summed E-state index contributed by atoms with van der Waals surface area (Å²) in [7, 11) is 0. The number of allylic oxidation sites excluding steroid dienone is 3. The van der Waals surface area contributed by atoms with Crippen molar-refractivity contribution in [2.75, 3.05) is 30.4 Å². The number of aliphatic imine (C=N–C) groups is 1. The van der Waals surface area contributed by atoms with Gasteiger partial charge in [0.15, 0.2) is 0 Å². The Balaban J connectivity index is 1.56. The smallest absolute Gasteiger partial charge is 0.276 e. The summed E-state index contributed by atoms with van der Waals surface area (Å²) in [4.78, 5) is 65.3. The van der Waals surface area contributed by atoms with Crippen molar-refractivity contribution in [1.82, 2.24) is 28.9 Å². The number of nitrogens with one attached hydrogen (secondary N) is 2. The number of rotatable bonds is 19. The monoisotopic (exact) mass is 780 g/mol. The number of primary amides is 2. The fraction of sp³-hybridized carbons (Fsp3) is 0.333. The van der Waals surface area contributed by atoms with Crippen LogP contribution in [-0.2, 0) is 30.8 Å². The molecule has 0 aliphatic carbocycles. The van der Waals surface area contributed by atoms with Gasteiger partial charge in [-0.3, -0.25) is 39.5 Å². The lowest BCUT2D eigenvalue weighted by Gasteiger charge is -2.13. The van der Waals surface area contributed by atoms with Gasteiger partial charge in [-0.05, 0) is 69.2 Å². The van der Waals surface area contributed by atoms with E-state index in [1.165, 1.54) is 18.2 Å². The second-order valence-corrected chi connectivity index (χ2v) is 12.8. The van der Waals surface area contributed by atoms with Crippen molar-refractivity contribution >= 4 is 63.3 Å². The number of ether oxygens (including phenoxy) is 1. The van der Waals surface area contributed by atoms with Gasteiger partial charge >= 0.3 is 0 Å². The summed E-state index contributed by atoms with van der Waals surface area (Å²) in [5, 5.41) is 19.7. The third-order valence-corrected chi connectivity index (χ3v) is 8.89. The minimum atomic E-state index is -0.707. The van der Waals surface area contributed by atoms with Gasteiger partial charge in [0, 0.05) is 56.0 Å². The topological polar surface area (TPSA) is 266 Å². The zero-order valence-corrected chi connectivity index (χ0v) is 32.4. The minimum Gasteiger partial charge on any atom is -0.491 e. The van der Waals surface area contributed by atoms with Gasteiger partial charge in [0.1, 0.15) is 22.7 Å². The van der Waals surface area contributed by atoms with Crippen molar-refractivity contribution in [3.05, 3.63) is 82.8 Å². The van der Waals surface area contributed by atoms with E-state index in [-0.39, 0.29) is 60.8 Å². The molecule has 3 aromatic heterocycles. The molecule has 3 heterocycles. The normalized spacial score (nSPS) is 12.2. The summed E-state index contributed by atoms with van der Waals surface area (Å²) in [6, 6.07) is 9.55. The molecule has 0 radical (unpaired) electrons. The first-order chi connectivity index (χ1) is 27.4. The van der Waals surface area contributed by atoms with Crippen LogP contribution >= 0.6 is 0 Å². The number of carbonyl (C=O) groups excluding carboxylic acids is 4. The van der Waals surface area contributed by atoms with E-state index in [2.05, 4.69) is 30.7 Å². The molecule has 5 rings (SSSR count). The minimum absolute atomic E-state index is 0.105. The lowest BCUT2D eigenvalue weighted by Crippen LogP contribution is -2.24. The lowest BCUT2D eigenvalue weighted by molar-refractivity contribution is -0.110. The second kappa shape index (κ2) is 18.7. The molecule has 2 aromatic carbocycles. The number of benzene rings is 2. The highest BCUT2D eigenvalue weighted by atomic mass is 16.5. The van der Waals surface area contributed by atoms with Gasteiger partial charge in [-0.1, -0.05) is 26.0 Å². The van der Waals surface area contributed by atoms with E-state index in [1.54, 1.807) is 51.1 Å². The van der Waals surface area contributed by atoms with Crippen LogP contribution in [0.3, 0.4) is 0 Å². The van der Waals surface area contributed by atoms with Crippen LogP contribution in [0.5, 0.6) is 5.75 Å². The predicted octanol–water partition coefficient (Wildman–Crippen LogP) is 3.28. The number of aliphatic hydroxyl groups is 1. The Bertz CT molecular complexity index is 2400. The highest BCUT2D eigenvalue weighted by Gasteiger charge is 2.22. The molecule has 300 valence electrons. The third kappa shape index (κ3) is 9.53. The number of aromatic nitrogens is 6. The number of anilines is 2. The maximum Gasteiger partial charge on any atom is 0.276 e. The van der Waals surface area contributed by atoms with Gasteiger partial charge in [0.25, 0.3) is 11.8 Å². The quantitative estimate of drug-likeness (QED) is 0.0404. The van der Waals surface area contributed by atoms with Crippen LogP contribution in [0.4, 0.5) is 11.9 Å². The van der Waals surface area contributed by atoms with Crippen LogP contribution in [0.2, 0.25) is 0 Å². The average molecular weight is 781 g/mol. The highest BCUT2D eigenvalue weighted by molar-refractivity contribution is 6.47. The molecule has 0 saturated carbocycles. The molecule has 0 unspecified atom stereocenters. The van der Waals surface area contributed by atoms with E-state index in [1.807, 2.05) is 26.8 Å². The zero-order chi connectivity index (χ0) is 41.2. The van der Waals surface area contributed by atoms with Gasteiger partial charge < -0.3 is 36.2 Å². The van der Waals surface area contributed by atoms with Crippen molar-refractivity contribution < 1.29 is 29.0 Å². The van der Waals surface area contributed by atoms with Gasteiger partial charge in [-0.2, -0.15) is 5.10 Å². The molecule has 0 saturated heterocycles. The van der Waals surface area contributed by atoms with E-state index in [0.29, 0.717) is 65.8 Å². The van der Waals surface area contributed by atoms with E-state index < -0.39 is 23.6 Å². The van der Waals surface area contributed by atoms with Crippen LogP contribution in [0.25, 0.3) is 22.1 Å². The van der Waals surface area contributed by atoms with E-state index >= 15 is 0 Å². The number of amides is 4. The van der Waals surface area contributed by atoms with Gasteiger partial charge in [0.2, 0.25) is 23.7 Å². The van der Waals surface area contributed by atoms with Gasteiger partial charge in [-0.15, -0.1) is 0 Å². The molecular formula is C39H48N12O6. The maximum atomic E-state index is 13.6. The SMILES string of the molecule is CCN=C(C=C(N)CC)C(=O)Nc1nc2cc(C(N)=O)cc(OCCCO)c2n1C/C=C/Cn1c(NC(=O)c2cc(CC)nn2CC)nc2ccc(C(N)=O)cc21. The first-order valence-electron chi connectivity index (χ1n) is 18.6. The maximum absolute atomic E-state index is 13.6. The Labute approximate surface area is 328 Å². The molecule has 0 spiro atoms. The Hall–Kier alpha value is -6.82. The number of hydrogen-bond donors (Lipinski definition) is 6. The van der Waals surface area contributed by atoms with E-state index in [0.717, 1.165) is 5.69 Å². The first kappa shape index (κ1) is 41.3. The van der Waals surface area contributed by atoms with Crippen molar-refractivity contribution in [3.8, 4) is 5.75 Å². The second-order valence-electron chi connectivity index (χ2n) is 12.8. The molecule has 0 bridgehead atoms. The van der Waals surface area contributed by atoms with Crippen LogP contribution in [0.15, 0.2) is 65.3 Å².